The van der Waals surface area contributed by atoms with Gasteiger partial charge in [0.05, 0.1) is 6.54 Å². The molecule has 0 saturated carbocycles. The maximum atomic E-state index is 12.0. The minimum atomic E-state index is -0.290. The van der Waals surface area contributed by atoms with Crippen molar-refractivity contribution in [1.82, 2.24) is 16.0 Å². The molecule has 0 bridgehead atoms. The van der Waals surface area contributed by atoms with Crippen molar-refractivity contribution in [3.05, 3.63) is 34.9 Å². The quantitative estimate of drug-likeness (QED) is 0.653. The van der Waals surface area contributed by atoms with Crippen LogP contribution in [0.3, 0.4) is 0 Å². The van der Waals surface area contributed by atoms with Crippen molar-refractivity contribution in [1.29, 1.82) is 0 Å². The second-order valence-corrected chi connectivity index (χ2v) is 5.85. The zero-order valence-electron chi connectivity index (χ0n) is 14.2. The number of carbonyl (C=O) groups excluding carboxylic acids is 3. The lowest BCUT2D eigenvalue weighted by molar-refractivity contribution is -0.124. The van der Waals surface area contributed by atoms with Gasteiger partial charge in [0.2, 0.25) is 11.8 Å². The van der Waals surface area contributed by atoms with E-state index in [1.54, 1.807) is 26.0 Å². The molecule has 0 aromatic heterocycles. The summed E-state index contributed by atoms with van der Waals surface area (Å²) in [6, 6.07) is 5.54. The minimum absolute atomic E-state index is 0.0534. The first-order valence-corrected chi connectivity index (χ1v) is 7.70. The Balaban J connectivity index is 2.30. The van der Waals surface area contributed by atoms with Crippen molar-refractivity contribution >= 4 is 17.7 Å². The first kappa shape index (κ1) is 18.7. The Hall–Kier alpha value is -2.37. The fraction of sp³-hybridized carbons (Fsp3) is 0.471. The van der Waals surface area contributed by atoms with Crippen LogP contribution in [0.25, 0.3) is 0 Å². The highest BCUT2D eigenvalue weighted by molar-refractivity contribution is 5.96. The van der Waals surface area contributed by atoms with Crippen molar-refractivity contribution in [2.24, 2.45) is 5.92 Å². The van der Waals surface area contributed by atoms with Crippen LogP contribution >= 0.6 is 0 Å². The normalized spacial score (nSPS) is 10.3. The van der Waals surface area contributed by atoms with Crippen LogP contribution in [-0.4, -0.2) is 37.4 Å². The molecule has 0 heterocycles. The third-order valence-corrected chi connectivity index (χ3v) is 3.16. The van der Waals surface area contributed by atoms with Crippen LogP contribution in [0.2, 0.25) is 0 Å². The molecule has 0 aliphatic rings. The lowest BCUT2D eigenvalue weighted by Crippen LogP contribution is -2.41. The molecule has 3 N–H and O–H groups in total. The zero-order chi connectivity index (χ0) is 17.4. The van der Waals surface area contributed by atoms with Gasteiger partial charge in [0, 0.05) is 24.6 Å². The molecule has 0 spiro atoms. The molecule has 0 fully saturated rings. The van der Waals surface area contributed by atoms with Gasteiger partial charge in [-0.05, 0) is 26.0 Å². The number of carbonyl (C=O) groups is 3. The molecule has 126 valence electrons. The van der Waals surface area contributed by atoms with E-state index in [1.165, 1.54) is 0 Å². The molecule has 1 aromatic rings. The lowest BCUT2D eigenvalue weighted by Gasteiger charge is -2.10. The summed E-state index contributed by atoms with van der Waals surface area (Å²) in [6.07, 6.45) is 0. The van der Waals surface area contributed by atoms with E-state index >= 15 is 0 Å². The highest BCUT2D eigenvalue weighted by Gasteiger charge is 2.09. The van der Waals surface area contributed by atoms with Crippen LogP contribution in [-0.2, 0) is 9.59 Å². The summed E-state index contributed by atoms with van der Waals surface area (Å²) in [4.78, 5) is 35.0. The van der Waals surface area contributed by atoms with Crippen LogP contribution in [0.4, 0.5) is 0 Å². The number of aryl methyl sites for hydroxylation is 2. The second kappa shape index (κ2) is 8.92. The summed E-state index contributed by atoms with van der Waals surface area (Å²) in [5.41, 5.74) is 2.54. The van der Waals surface area contributed by atoms with Crippen molar-refractivity contribution < 1.29 is 14.4 Å². The van der Waals surface area contributed by atoms with Crippen molar-refractivity contribution in [2.75, 3.05) is 19.6 Å². The SMILES string of the molecule is Cc1cc(C)cc(C(=O)NCC(=O)NCCNC(=O)C(C)C)c1. The largest absolute Gasteiger partial charge is 0.354 e. The summed E-state index contributed by atoms with van der Waals surface area (Å²) >= 11 is 0. The smallest absolute Gasteiger partial charge is 0.251 e. The number of amides is 3. The number of rotatable bonds is 7. The third-order valence-electron chi connectivity index (χ3n) is 3.16. The van der Waals surface area contributed by atoms with Gasteiger partial charge in [-0.15, -0.1) is 0 Å². The monoisotopic (exact) mass is 319 g/mol. The molecule has 3 amide bonds. The van der Waals surface area contributed by atoms with E-state index in [4.69, 9.17) is 0 Å². The van der Waals surface area contributed by atoms with E-state index in [9.17, 15) is 14.4 Å². The van der Waals surface area contributed by atoms with Gasteiger partial charge in [0.25, 0.3) is 5.91 Å². The summed E-state index contributed by atoms with van der Waals surface area (Å²) in [6.45, 7) is 8.05. The first-order valence-electron chi connectivity index (χ1n) is 7.70. The molecule has 6 nitrogen and oxygen atoms in total. The third kappa shape index (κ3) is 6.95. The molecule has 0 saturated heterocycles. The predicted octanol–water partition coefficient (Wildman–Crippen LogP) is 0.922. The zero-order valence-corrected chi connectivity index (χ0v) is 14.2. The summed E-state index contributed by atoms with van der Waals surface area (Å²) in [5, 5.41) is 7.92. The number of nitrogens with one attached hydrogen (secondary N) is 3. The molecular formula is C17H25N3O3. The Morgan fingerprint density at radius 1 is 0.913 bits per heavy atom. The Labute approximate surface area is 137 Å². The molecule has 23 heavy (non-hydrogen) atoms. The molecule has 1 aromatic carbocycles. The lowest BCUT2D eigenvalue weighted by atomic mass is 10.1. The number of benzene rings is 1. The van der Waals surface area contributed by atoms with Crippen molar-refractivity contribution in [3.8, 4) is 0 Å². The Kier molecular flexibility index (Phi) is 7.25. The average Bonchev–Trinajstić information content (AvgIpc) is 2.47. The van der Waals surface area contributed by atoms with Crippen LogP contribution < -0.4 is 16.0 Å². The maximum Gasteiger partial charge on any atom is 0.251 e. The Morgan fingerprint density at radius 2 is 1.48 bits per heavy atom. The van der Waals surface area contributed by atoms with E-state index in [2.05, 4.69) is 16.0 Å². The Bertz CT molecular complexity index is 562. The fourth-order valence-corrected chi connectivity index (χ4v) is 2.02. The van der Waals surface area contributed by atoms with E-state index in [0.29, 0.717) is 18.7 Å². The van der Waals surface area contributed by atoms with E-state index in [-0.39, 0.29) is 30.2 Å². The Morgan fingerprint density at radius 3 is 2.04 bits per heavy atom. The molecule has 6 heteroatoms. The summed E-state index contributed by atoms with van der Waals surface area (Å²) in [5.74, 6) is -0.702. The topological polar surface area (TPSA) is 87.3 Å². The van der Waals surface area contributed by atoms with Crippen molar-refractivity contribution in [2.45, 2.75) is 27.7 Å². The van der Waals surface area contributed by atoms with Gasteiger partial charge in [-0.1, -0.05) is 31.0 Å². The van der Waals surface area contributed by atoms with Gasteiger partial charge in [0.1, 0.15) is 0 Å². The molecular weight excluding hydrogens is 294 g/mol. The van der Waals surface area contributed by atoms with Gasteiger partial charge in [0.15, 0.2) is 0 Å². The van der Waals surface area contributed by atoms with Crippen LogP contribution in [0.15, 0.2) is 18.2 Å². The second-order valence-electron chi connectivity index (χ2n) is 5.85. The summed E-state index contributed by atoms with van der Waals surface area (Å²) in [7, 11) is 0. The van der Waals surface area contributed by atoms with Gasteiger partial charge >= 0.3 is 0 Å². The summed E-state index contributed by atoms with van der Waals surface area (Å²) < 4.78 is 0. The van der Waals surface area contributed by atoms with E-state index in [0.717, 1.165) is 11.1 Å². The van der Waals surface area contributed by atoms with Crippen LogP contribution in [0.5, 0.6) is 0 Å². The van der Waals surface area contributed by atoms with Crippen LogP contribution in [0, 0.1) is 19.8 Å². The van der Waals surface area contributed by atoms with Gasteiger partial charge in [-0.25, -0.2) is 0 Å². The van der Waals surface area contributed by atoms with E-state index in [1.807, 2.05) is 19.9 Å². The van der Waals surface area contributed by atoms with Crippen LogP contribution in [0.1, 0.15) is 35.3 Å². The highest BCUT2D eigenvalue weighted by atomic mass is 16.2. The van der Waals surface area contributed by atoms with E-state index < -0.39 is 0 Å². The molecule has 0 radical (unpaired) electrons. The van der Waals surface area contributed by atoms with Gasteiger partial charge < -0.3 is 16.0 Å². The highest BCUT2D eigenvalue weighted by Crippen LogP contribution is 2.08. The number of hydrogen-bond acceptors (Lipinski definition) is 3. The molecule has 0 atom stereocenters. The molecule has 0 aliphatic heterocycles. The maximum absolute atomic E-state index is 12.0. The van der Waals surface area contributed by atoms with Gasteiger partial charge in [-0.3, -0.25) is 14.4 Å². The molecule has 0 aliphatic carbocycles. The van der Waals surface area contributed by atoms with Crippen molar-refractivity contribution in [3.63, 3.8) is 0 Å². The standard InChI is InChI=1S/C17H25N3O3/c1-11(2)16(22)19-6-5-18-15(21)10-20-17(23)14-8-12(3)7-13(4)9-14/h7-9,11H,5-6,10H2,1-4H3,(H,18,21)(H,19,22)(H,20,23). The first-order chi connectivity index (χ1) is 10.8. The fourth-order valence-electron chi connectivity index (χ4n) is 2.02. The predicted molar refractivity (Wildman–Crippen MR) is 89.1 cm³/mol. The number of hydrogen-bond donors (Lipinski definition) is 3. The van der Waals surface area contributed by atoms with Gasteiger partial charge in [-0.2, -0.15) is 0 Å². The average molecular weight is 319 g/mol. The molecule has 0 unspecified atom stereocenters. The minimum Gasteiger partial charge on any atom is -0.354 e. The molecule has 1 rings (SSSR count).